The van der Waals surface area contributed by atoms with Crippen LogP contribution in [-0.2, 0) is 0 Å². The van der Waals surface area contributed by atoms with Gasteiger partial charge < -0.3 is 16.4 Å². The quantitative estimate of drug-likeness (QED) is 0.811. The van der Waals surface area contributed by atoms with E-state index in [4.69, 9.17) is 5.73 Å². The molecule has 0 bridgehead atoms. The Hall–Kier alpha value is -2.89. The second kappa shape index (κ2) is 6.71. The molecule has 0 fully saturated rings. The highest BCUT2D eigenvalue weighted by Gasteiger charge is 2.14. The number of nitrogens with one attached hydrogen (secondary N) is 2. The average molecular weight is 301 g/mol. The summed E-state index contributed by atoms with van der Waals surface area (Å²) in [4.78, 5) is 22.8. The van der Waals surface area contributed by atoms with E-state index in [1.807, 2.05) is 0 Å². The van der Waals surface area contributed by atoms with Crippen molar-refractivity contribution in [1.82, 2.24) is 5.32 Å². The van der Waals surface area contributed by atoms with Crippen molar-refractivity contribution in [3.63, 3.8) is 0 Å². The molecule has 0 aliphatic carbocycles. The zero-order valence-corrected chi connectivity index (χ0v) is 12.0. The molecule has 2 aromatic rings. The second-order valence-electron chi connectivity index (χ2n) is 4.79. The van der Waals surface area contributed by atoms with Crippen LogP contribution >= 0.6 is 0 Å². The van der Waals surface area contributed by atoms with E-state index in [9.17, 15) is 14.0 Å². The number of carbonyl (C=O) groups excluding carboxylic acids is 2. The zero-order chi connectivity index (χ0) is 16.1. The van der Waals surface area contributed by atoms with Crippen LogP contribution in [0.2, 0.25) is 0 Å². The van der Waals surface area contributed by atoms with Crippen LogP contribution in [0.3, 0.4) is 0 Å². The molecule has 2 rings (SSSR count). The van der Waals surface area contributed by atoms with E-state index < -0.39 is 17.8 Å². The first-order valence-corrected chi connectivity index (χ1v) is 6.69. The molecule has 0 aliphatic rings. The number of nitrogens with two attached hydrogens (primary N) is 1. The van der Waals surface area contributed by atoms with Crippen molar-refractivity contribution in [1.29, 1.82) is 0 Å². The maximum Gasteiger partial charge on any atom is 0.316 e. The third-order valence-corrected chi connectivity index (χ3v) is 3.14. The van der Waals surface area contributed by atoms with Crippen LogP contribution in [0.1, 0.15) is 28.9 Å². The van der Waals surface area contributed by atoms with Crippen LogP contribution in [0.25, 0.3) is 0 Å². The van der Waals surface area contributed by atoms with Gasteiger partial charge in [-0.2, -0.15) is 0 Å². The highest BCUT2D eigenvalue weighted by Crippen LogP contribution is 2.17. The van der Waals surface area contributed by atoms with Crippen LogP contribution in [0.15, 0.2) is 48.5 Å². The van der Waals surface area contributed by atoms with E-state index in [-0.39, 0.29) is 11.6 Å². The fraction of sp³-hybridized carbons (Fsp3) is 0.125. The molecule has 2 aromatic carbocycles. The molecule has 3 amide bonds. The lowest BCUT2D eigenvalue weighted by atomic mass is 10.1. The van der Waals surface area contributed by atoms with Crippen molar-refractivity contribution < 1.29 is 14.0 Å². The summed E-state index contributed by atoms with van der Waals surface area (Å²) in [6.07, 6.45) is 0. The molecule has 22 heavy (non-hydrogen) atoms. The van der Waals surface area contributed by atoms with E-state index in [0.717, 1.165) is 5.56 Å². The predicted molar refractivity (Wildman–Crippen MR) is 81.9 cm³/mol. The monoisotopic (exact) mass is 301 g/mol. The summed E-state index contributed by atoms with van der Waals surface area (Å²) in [5, 5.41) is 5.17. The fourth-order valence-corrected chi connectivity index (χ4v) is 2.00. The Morgan fingerprint density at radius 3 is 2.32 bits per heavy atom. The van der Waals surface area contributed by atoms with Crippen molar-refractivity contribution in [2.24, 2.45) is 5.73 Å². The number of amides is 3. The van der Waals surface area contributed by atoms with Gasteiger partial charge >= 0.3 is 6.03 Å². The maximum atomic E-state index is 13.6. The first-order chi connectivity index (χ1) is 10.5. The largest absolute Gasteiger partial charge is 0.351 e. The lowest BCUT2D eigenvalue weighted by Crippen LogP contribution is -2.27. The van der Waals surface area contributed by atoms with Gasteiger partial charge in [-0.05, 0) is 36.8 Å². The Kier molecular flexibility index (Phi) is 4.73. The molecule has 0 aliphatic heterocycles. The average Bonchev–Trinajstić information content (AvgIpc) is 2.47. The van der Waals surface area contributed by atoms with Gasteiger partial charge in [-0.25, -0.2) is 9.18 Å². The molecule has 5 nitrogen and oxygen atoms in total. The van der Waals surface area contributed by atoms with Crippen LogP contribution in [0, 0.1) is 5.82 Å². The van der Waals surface area contributed by atoms with E-state index in [1.165, 1.54) is 18.2 Å². The number of urea groups is 1. The molecule has 0 heterocycles. The summed E-state index contributed by atoms with van der Waals surface area (Å²) < 4.78 is 13.6. The lowest BCUT2D eigenvalue weighted by molar-refractivity contribution is 0.0936. The fourth-order valence-electron chi connectivity index (χ4n) is 2.00. The minimum atomic E-state index is -0.645. The predicted octanol–water partition coefficient (Wildman–Crippen LogP) is 2.81. The van der Waals surface area contributed by atoms with E-state index >= 15 is 0 Å². The number of hydrogen-bond acceptors (Lipinski definition) is 2. The smallest absolute Gasteiger partial charge is 0.316 e. The Morgan fingerprint density at radius 1 is 1.09 bits per heavy atom. The number of carbonyl (C=O) groups is 2. The number of rotatable bonds is 4. The van der Waals surface area contributed by atoms with Gasteiger partial charge in [0.25, 0.3) is 5.91 Å². The molecule has 1 atom stereocenters. The summed E-state index contributed by atoms with van der Waals surface area (Å²) >= 11 is 0. The molecular formula is C16H16FN3O2. The minimum absolute atomic E-state index is 0.00126. The SMILES string of the molecule is C[C@@H](NC(=O)c1ccccc1F)c1ccc(NC(N)=O)cc1. The van der Waals surface area contributed by atoms with Gasteiger partial charge in [0.15, 0.2) is 0 Å². The third-order valence-electron chi connectivity index (χ3n) is 3.14. The molecule has 0 radical (unpaired) electrons. The van der Waals surface area contributed by atoms with Gasteiger partial charge in [-0.1, -0.05) is 24.3 Å². The van der Waals surface area contributed by atoms with Crippen molar-refractivity contribution >= 4 is 17.6 Å². The zero-order valence-electron chi connectivity index (χ0n) is 12.0. The number of anilines is 1. The van der Waals surface area contributed by atoms with E-state index in [0.29, 0.717) is 5.69 Å². The molecule has 0 saturated heterocycles. The lowest BCUT2D eigenvalue weighted by Gasteiger charge is -2.15. The Bertz CT molecular complexity index is 686. The second-order valence-corrected chi connectivity index (χ2v) is 4.79. The molecule has 0 unspecified atom stereocenters. The Labute approximate surface area is 127 Å². The van der Waals surface area contributed by atoms with Gasteiger partial charge in [-0.3, -0.25) is 4.79 Å². The minimum Gasteiger partial charge on any atom is -0.351 e. The van der Waals surface area contributed by atoms with Crippen LogP contribution in [0.4, 0.5) is 14.9 Å². The topological polar surface area (TPSA) is 84.2 Å². The van der Waals surface area contributed by atoms with Crippen molar-refractivity contribution in [3.05, 3.63) is 65.5 Å². The van der Waals surface area contributed by atoms with E-state index in [2.05, 4.69) is 10.6 Å². The summed E-state index contributed by atoms with van der Waals surface area (Å²) in [5.74, 6) is -1.04. The standard InChI is InChI=1S/C16H16FN3O2/c1-10(11-6-8-12(9-7-11)20-16(18)22)19-15(21)13-4-2-3-5-14(13)17/h2-10H,1H3,(H,19,21)(H3,18,20,22)/t10-/m1/s1. The normalized spacial score (nSPS) is 11.5. The molecule has 0 spiro atoms. The summed E-state index contributed by atoms with van der Waals surface area (Å²) in [5.41, 5.74) is 6.40. The first-order valence-electron chi connectivity index (χ1n) is 6.69. The molecular weight excluding hydrogens is 285 g/mol. The third kappa shape index (κ3) is 3.82. The highest BCUT2D eigenvalue weighted by atomic mass is 19.1. The van der Waals surface area contributed by atoms with Gasteiger partial charge in [0.2, 0.25) is 0 Å². The number of hydrogen-bond donors (Lipinski definition) is 3. The first kappa shape index (κ1) is 15.5. The molecule has 114 valence electrons. The van der Waals surface area contributed by atoms with Gasteiger partial charge in [0.05, 0.1) is 11.6 Å². The van der Waals surface area contributed by atoms with Crippen molar-refractivity contribution in [3.8, 4) is 0 Å². The van der Waals surface area contributed by atoms with Gasteiger partial charge in [-0.15, -0.1) is 0 Å². The maximum absolute atomic E-state index is 13.6. The summed E-state index contributed by atoms with van der Waals surface area (Å²) in [6, 6.07) is 11.7. The van der Waals surface area contributed by atoms with Crippen molar-refractivity contribution in [2.45, 2.75) is 13.0 Å². The number of benzene rings is 2. The van der Waals surface area contributed by atoms with Crippen LogP contribution < -0.4 is 16.4 Å². The van der Waals surface area contributed by atoms with Crippen molar-refractivity contribution in [2.75, 3.05) is 5.32 Å². The molecule has 0 aromatic heterocycles. The number of halogens is 1. The summed E-state index contributed by atoms with van der Waals surface area (Å²) in [7, 11) is 0. The highest BCUT2D eigenvalue weighted by molar-refractivity contribution is 5.94. The van der Waals surface area contributed by atoms with Crippen LogP contribution in [-0.4, -0.2) is 11.9 Å². The summed E-state index contributed by atoms with van der Waals surface area (Å²) in [6.45, 7) is 1.79. The molecule has 6 heteroatoms. The van der Waals surface area contributed by atoms with Gasteiger partial charge in [0, 0.05) is 5.69 Å². The van der Waals surface area contributed by atoms with Crippen LogP contribution in [0.5, 0.6) is 0 Å². The Morgan fingerprint density at radius 2 is 1.73 bits per heavy atom. The number of primary amides is 1. The molecule has 4 N–H and O–H groups in total. The Balaban J connectivity index is 2.05. The van der Waals surface area contributed by atoms with Gasteiger partial charge in [0.1, 0.15) is 5.82 Å². The molecule has 0 saturated carbocycles. The van der Waals surface area contributed by atoms with E-state index in [1.54, 1.807) is 37.3 Å².